The van der Waals surface area contributed by atoms with E-state index >= 15 is 0 Å². The highest BCUT2D eigenvalue weighted by Gasteiger charge is 2.11. The Labute approximate surface area is 118 Å². The van der Waals surface area contributed by atoms with Crippen molar-refractivity contribution in [2.75, 3.05) is 11.9 Å². The Bertz CT molecular complexity index is 689. The van der Waals surface area contributed by atoms with E-state index in [4.69, 9.17) is 5.73 Å². The summed E-state index contributed by atoms with van der Waals surface area (Å²) in [6.45, 7) is 0.523. The fourth-order valence-corrected chi connectivity index (χ4v) is 2.36. The van der Waals surface area contributed by atoms with Crippen LogP contribution >= 0.6 is 0 Å². The number of hydrogen-bond acceptors (Lipinski definition) is 3. The lowest BCUT2D eigenvalue weighted by Gasteiger charge is -2.19. The molecule has 0 fully saturated rings. The molecule has 1 unspecified atom stereocenters. The van der Waals surface area contributed by atoms with E-state index in [1.807, 2.05) is 42.6 Å². The lowest BCUT2D eigenvalue weighted by Crippen LogP contribution is -2.21. The number of anilines is 1. The molecule has 3 rings (SSSR count). The van der Waals surface area contributed by atoms with E-state index in [0.29, 0.717) is 6.54 Å². The Morgan fingerprint density at radius 1 is 0.950 bits per heavy atom. The topological polar surface area (TPSA) is 50.9 Å². The van der Waals surface area contributed by atoms with Crippen molar-refractivity contribution in [1.29, 1.82) is 0 Å². The number of benzene rings is 2. The van der Waals surface area contributed by atoms with E-state index in [-0.39, 0.29) is 6.04 Å². The lowest BCUT2D eigenvalue weighted by atomic mass is 10.1. The first-order valence-electron chi connectivity index (χ1n) is 6.74. The quantitative estimate of drug-likeness (QED) is 0.759. The maximum Gasteiger partial charge on any atom is 0.134 e. The molecular formula is C17H17N3. The standard InChI is InChI=1S/C17H17N3/c18-12-16(14-7-2-1-3-8-14)20-17-15-9-5-4-6-13(15)10-11-19-17/h1-11,16H,12,18H2,(H,19,20). The predicted molar refractivity (Wildman–Crippen MR) is 83.6 cm³/mol. The van der Waals surface area contributed by atoms with Gasteiger partial charge < -0.3 is 11.1 Å². The van der Waals surface area contributed by atoms with Gasteiger partial charge in [-0.1, -0.05) is 54.6 Å². The van der Waals surface area contributed by atoms with Crippen LogP contribution in [0.15, 0.2) is 66.9 Å². The number of aromatic nitrogens is 1. The van der Waals surface area contributed by atoms with Gasteiger partial charge in [0.25, 0.3) is 0 Å². The largest absolute Gasteiger partial charge is 0.361 e. The molecule has 0 aliphatic carbocycles. The summed E-state index contributed by atoms with van der Waals surface area (Å²) < 4.78 is 0. The Morgan fingerprint density at radius 3 is 2.50 bits per heavy atom. The first-order chi connectivity index (χ1) is 9.88. The Balaban J connectivity index is 1.96. The molecule has 3 N–H and O–H groups in total. The highest BCUT2D eigenvalue weighted by molar-refractivity contribution is 5.91. The van der Waals surface area contributed by atoms with Crippen LogP contribution in [0.5, 0.6) is 0 Å². The molecule has 0 radical (unpaired) electrons. The van der Waals surface area contributed by atoms with Crippen molar-refractivity contribution in [1.82, 2.24) is 4.98 Å². The molecule has 0 aliphatic rings. The number of hydrogen-bond donors (Lipinski definition) is 2. The summed E-state index contributed by atoms with van der Waals surface area (Å²) in [5.74, 6) is 0.877. The van der Waals surface area contributed by atoms with Crippen molar-refractivity contribution in [3.8, 4) is 0 Å². The van der Waals surface area contributed by atoms with Crippen LogP contribution in [0.1, 0.15) is 11.6 Å². The first-order valence-corrected chi connectivity index (χ1v) is 6.74. The first kappa shape index (κ1) is 12.6. The third-order valence-corrected chi connectivity index (χ3v) is 3.42. The molecule has 0 spiro atoms. The zero-order chi connectivity index (χ0) is 13.8. The molecule has 3 nitrogen and oxygen atoms in total. The smallest absolute Gasteiger partial charge is 0.134 e. The molecule has 0 saturated carbocycles. The van der Waals surface area contributed by atoms with Gasteiger partial charge in [-0.2, -0.15) is 0 Å². The summed E-state index contributed by atoms with van der Waals surface area (Å²) in [5, 5.41) is 5.74. The van der Waals surface area contributed by atoms with E-state index in [9.17, 15) is 0 Å². The van der Waals surface area contributed by atoms with Gasteiger partial charge in [0.15, 0.2) is 0 Å². The molecule has 1 heterocycles. The lowest BCUT2D eigenvalue weighted by molar-refractivity contribution is 0.786. The Kier molecular flexibility index (Phi) is 3.61. The average Bonchev–Trinajstić information content (AvgIpc) is 2.53. The maximum atomic E-state index is 5.91. The van der Waals surface area contributed by atoms with Crippen LogP contribution in [0.4, 0.5) is 5.82 Å². The second-order valence-corrected chi connectivity index (χ2v) is 4.72. The van der Waals surface area contributed by atoms with E-state index in [1.54, 1.807) is 0 Å². The highest BCUT2D eigenvalue weighted by Crippen LogP contribution is 2.24. The summed E-state index contributed by atoms with van der Waals surface area (Å²) in [5.41, 5.74) is 7.08. The van der Waals surface area contributed by atoms with Gasteiger partial charge in [-0.05, 0) is 17.0 Å². The third-order valence-electron chi connectivity index (χ3n) is 3.42. The normalized spacial score (nSPS) is 12.2. The van der Waals surface area contributed by atoms with Crippen LogP contribution in [0, 0.1) is 0 Å². The molecule has 0 amide bonds. The average molecular weight is 263 g/mol. The van der Waals surface area contributed by atoms with E-state index in [2.05, 4.69) is 34.6 Å². The fraction of sp³-hybridized carbons (Fsp3) is 0.118. The highest BCUT2D eigenvalue weighted by atomic mass is 15.0. The van der Waals surface area contributed by atoms with Crippen LogP contribution in [0.3, 0.4) is 0 Å². The second kappa shape index (κ2) is 5.72. The van der Waals surface area contributed by atoms with E-state index in [1.165, 1.54) is 10.9 Å². The van der Waals surface area contributed by atoms with Gasteiger partial charge in [-0.15, -0.1) is 0 Å². The minimum atomic E-state index is 0.0644. The molecule has 20 heavy (non-hydrogen) atoms. The monoisotopic (exact) mass is 263 g/mol. The van der Waals surface area contributed by atoms with Gasteiger partial charge in [-0.3, -0.25) is 0 Å². The van der Waals surface area contributed by atoms with Crippen LogP contribution in [0.25, 0.3) is 10.8 Å². The predicted octanol–water partition coefficient (Wildman–Crippen LogP) is 3.35. The number of nitrogens with two attached hydrogens (primary N) is 1. The molecule has 1 atom stereocenters. The minimum absolute atomic E-state index is 0.0644. The zero-order valence-electron chi connectivity index (χ0n) is 11.2. The third kappa shape index (κ3) is 2.49. The number of rotatable bonds is 4. The second-order valence-electron chi connectivity index (χ2n) is 4.72. The van der Waals surface area contributed by atoms with Crippen molar-refractivity contribution in [3.63, 3.8) is 0 Å². The Morgan fingerprint density at radius 2 is 1.70 bits per heavy atom. The molecule has 3 heteroatoms. The summed E-state index contributed by atoms with van der Waals surface area (Å²) in [7, 11) is 0. The van der Waals surface area contributed by atoms with Gasteiger partial charge in [0.2, 0.25) is 0 Å². The molecule has 0 bridgehead atoms. The molecule has 1 aromatic heterocycles. The number of nitrogens with zero attached hydrogens (tertiary/aromatic N) is 1. The van der Waals surface area contributed by atoms with Gasteiger partial charge in [0, 0.05) is 18.1 Å². The summed E-state index contributed by atoms with van der Waals surface area (Å²) in [4.78, 5) is 4.45. The van der Waals surface area contributed by atoms with Crippen LogP contribution < -0.4 is 11.1 Å². The van der Waals surface area contributed by atoms with Gasteiger partial charge in [-0.25, -0.2) is 4.98 Å². The zero-order valence-corrected chi connectivity index (χ0v) is 11.2. The summed E-state index contributed by atoms with van der Waals surface area (Å²) in [6.07, 6.45) is 1.82. The molecule has 0 saturated heterocycles. The molecule has 0 aliphatic heterocycles. The minimum Gasteiger partial charge on any atom is -0.361 e. The van der Waals surface area contributed by atoms with E-state index in [0.717, 1.165) is 11.2 Å². The summed E-state index contributed by atoms with van der Waals surface area (Å²) >= 11 is 0. The van der Waals surface area contributed by atoms with Crippen LogP contribution in [-0.2, 0) is 0 Å². The Hall–Kier alpha value is -2.39. The van der Waals surface area contributed by atoms with Gasteiger partial charge >= 0.3 is 0 Å². The van der Waals surface area contributed by atoms with Crippen molar-refractivity contribution in [2.24, 2.45) is 5.73 Å². The molecule has 2 aromatic carbocycles. The van der Waals surface area contributed by atoms with Crippen molar-refractivity contribution >= 4 is 16.6 Å². The molecule has 100 valence electrons. The van der Waals surface area contributed by atoms with E-state index < -0.39 is 0 Å². The fourth-order valence-electron chi connectivity index (χ4n) is 2.36. The van der Waals surface area contributed by atoms with Gasteiger partial charge in [0.05, 0.1) is 6.04 Å². The van der Waals surface area contributed by atoms with Gasteiger partial charge in [0.1, 0.15) is 5.82 Å². The molecule has 3 aromatic rings. The number of nitrogens with one attached hydrogen (secondary N) is 1. The SMILES string of the molecule is NCC(Nc1nccc2ccccc12)c1ccccc1. The molecular weight excluding hydrogens is 246 g/mol. The van der Waals surface area contributed by atoms with Crippen molar-refractivity contribution in [2.45, 2.75) is 6.04 Å². The number of pyridine rings is 1. The number of fused-ring (bicyclic) bond motifs is 1. The van der Waals surface area contributed by atoms with Crippen molar-refractivity contribution in [3.05, 3.63) is 72.4 Å². The summed E-state index contributed by atoms with van der Waals surface area (Å²) in [6, 6.07) is 20.5. The van der Waals surface area contributed by atoms with Crippen LogP contribution in [0.2, 0.25) is 0 Å². The maximum absolute atomic E-state index is 5.91. The van der Waals surface area contributed by atoms with Crippen molar-refractivity contribution < 1.29 is 0 Å². The van der Waals surface area contributed by atoms with Crippen LogP contribution in [-0.4, -0.2) is 11.5 Å².